The van der Waals surface area contributed by atoms with Gasteiger partial charge in [-0.3, -0.25) is 4.79 Å². The zero-order chi connectivity index (χ0) is 20.9. The van der Waals surface area contributed by atoms with Crippen LogP contribution >= 0.6 is 11.8 Å². The predicted molar refractivity (Wildman–Crippen MR) is 121 cm³/mol. The van der Waals surface area contributed by atoms with Gasteiger partial charge >= 0.3 is 0 Å². The molecule has 152 valence electrons. The number of aromatic nitrogens is 3. The number of anilines is 1. The van der Waals surface area contributed by atoms with Crippen molar-refractivity contribution in [1.82, 2.24) is 14.8 Å². The van der Waals surface area contributed by atoms with Gasteiger partial charge < -0.3 is 14.6 Å². The number of nitrogens with one attached hydrogen (secondary N) is 1. The van der Waals surface area contributed by atoms with E-state index in [2.05, 4.69) is 15.5 Å². The van der Waals surface area contributed by atoms with Gasteiger partial charge in [-0.05, 0) is 30.5 Å². The van der Waals surface area contributed by atoms with Crippen molar-refractivity contribution < 1.29 is 9.53 Å². The van der Waals surface area contributed by atoms with Gasteiger partial charge in [0.25, 0.3) is 0 Å². The van der Waals surface area contributed by atoms with Gasteiger partial charge in [0.15, 0.2) is 11.0 Å². The third-order valence-corrected chi connectivity index (χ3v) is 5.68. The summed E-state index contributed by atoms with van der Waals surface area (Å²) in [5, 5.41) is 14.4. The number of amides is 1. The molecule has 30 heavy (non-hydrogen) atoms. The number of nitrogens with zero attached hydrogens (tertiary/aromatic N) is 3. The van der Waals surface area contributed by atoms with Crippen LogP contribution in [0.4, 0.5) is 5.69 Å². The Morgan fingerprint density at radius 2 is 1.80 bits per heavy atom. The average molecular weight is 419 g/mol. The van der Waals surface area contributed by atoms with Crippen LogP contribution in [0.3, 0.4) is 0 Å². The maximum absolute atomic E-state index is 12.5. The summed E-state index contributed by atoms with van der Waals surface area (Å²) < 4.78 is 7.59. The Hall–Kier alpha value is -3.32. The molecule has 0 unspecified atom stereocenters. The summed E-state index contributed by atoms with van der Waals surface area (Å²) in [6, 6.07) is 21.6. The van der Waals surface area contributed by atoms with Crippen LogP contribution in [0.2, 0.25) is 0 Å². The lowest BCUT2D eigenvalue weighted by Gasteiger charge is -2.10. The lowest BCUT2D eigenvalue weighted by Crippen LogP contribution is -2.14. The SMILES string of the molecule is CCOc1ccccc1-c1nnc(SCC(=O)Nc2cccc3ccccc23)n1C. The predicted octanol–water partition coefficient (Wildman–Crippen LogP) is 4.76. The molecule has 1 amide bonds. The van der Waals surface area contributed by atoms with Gasteiger partial charge in [-0.15, -0.1) is 10.2 Å². The van der Waals surface area contributed by atoms with Gasteiger partial charge in [0.05, 0.1) is 17.9 Å². The average Bonchev–Trinajstić information content (AvgIpc) is 3.13. The molecule has 3 aromatic carbocycles. The number of thioether (sulfide) groups is 1. The highest BCUT2D eigenvalue weighted by Gasteiger charge is 2.16. The standard InChI is InChI=1S/C23H22N4O2S/c1-3-29-20-14-7-6-12-18(20)22-25-26-23(27(22)2)30-15-21(28)24-19-13-8-10-16-9-4-5-11-17(16)19/h4-14H,3,15H2,1-2H3,(H,24,28). The molecule has 0 radical (unpaired) electrons. The number of hydrogen-bond donors (Lipinski definition) is 1. The van der Waals surface area contributed by atoms with E-state index in [0.29, 0.717) is 17.6 Å². The number of benzene rings is 3. The summed E-state index contributed by atoms with van der Waals surface area (Å²) in [5.41, 5.74) is 1.68. The molecule has 0 saturated carbocycles. The Bertz CT molecular complexity index is 1180. The van der Waals surface area contributed by atoms with Crippen LogP contribution in [-0.4, -0.2) is 33.0 Å². The lowest BCUT2D eigenvalue weighted by molar-refractivity contribution is -0.113. The van der Waals surface area contributed by atoms with Crippen LogP contribution in [0.15, 0.2) is 71.9 Å². The van der Waals surface area contributed by atoms with E-state index < -0.39 is 0 Å². The Morgan fingerprint density at radius 1 is 1.03 bits per heavy atom. The highest BCUT2D eigenvalue weighted by molar-refractivity contribution is 7.99. The summed E-state index contributed by atoms with van der Waals surface area (Å²) >= 11 is 1.35. The van der Waals surface area contributed by atoms with Gasteiger partial charge in [0.2, 0.25) is 5.91 Å². The minimum absolute atomic E-state index is 0.0874. The highest BCUT2D eigenvalue weighted by atomic mass is 32.2. The zero-order valence-electron chi connectivity index (χ0n) is 16.8. The smallest absolute Gasteiger partial charge is 0.234 e. The molecule has 0 atom stereocenters. The maximum atomic E-state index is 12.5. The Labute approximate surface area is 179 Å². The molecule has 1 heterocycles. The zero-order valence-corrected chi connectivity index (χ0v) is 17.6. The largest absolute Gasteiger partial charge is 0.493 e. The van der Waals surface area contributed by atoms with Crippen LogP contribution in [0.5, 0.6) is 5.75 Å². The van der Waals surface area contributed by atoms with Crippen molar-refractivity contribution in [2.24, 2.45) is 7.05 Å². The first-order chi connectivity index (χ1) is 14.7. The fourth-order valence-electron chi connectivity index (χ4n) is 3.26. The number of ether oxygens (including phenoxy) is 1. The molecule has 0 aliphatic rings. The number of carbonyl (C=O) groups excluding carboxylic acids is 1. The van der Waals surface area contributed by atoms with Crippen molar-refractivity contribution in [2.45, 2.75) is 12.1 Å². The number of carbonyl (C=O) groups is 1. The van der Waals surface area contributed by atoms with Crippen molar-refractivity contribution in [3.8, 4) is 17.1 Å². The fourth-order valence-corrected chi connectivity index (χ4v) is 3.97. The molecule has 0 bridgehead atoms. The quantitative estimate of drug-likeness (QED) is 0.438. The van der Waals surface area contributed by atoms with Gasteiger partial charge in [-0.2, -0.15) is 0 Å². The van der Waals surface area contributed by atoms with E-state index in [-0.39, 0.29) is 11.7 Å². The van der Waals surface area contributed by atoms with Crippen molar-refractivity contribution in [1.29, 1.82) is 0 Å². The summed E-state index contributed by atoms with van der Waals surface area (Å²) in [4.78, 5) is 12.5. The molecule has 1 aromatic heterocycles. The van der Waals surface area contributed by atoms with E-state index >= 15 is 0 Å². The molecule has 0 saturated heterocycles. The van der Waals surface area contributed by atoms with Crippen LogP contribution in [-0.2, 0) is 11.8 Å². The number of fused-ring (bicyclic) bond motifs is 1. The molecular formula is C23H22N4O2S. The molecule has 0 aliphatic carbocycles. The first-order valence-corrected chi connectivity index (χ1v) is 10.7. The lowest BCUT2D eigenvalue weighted by atomic mass is 10.1. The molecule has 4 aromatic rings. The molecule has 7 heteroatoms. The molecule has 4 rings (SSSR count). The van der Waals surface area contributed by atoms with Crippen molar-refractivity contribution in [3.05, 3.63) is 66.7 Å². The van der Waals surface area contributed by atoms with Crippen LogP contribution < -0.4 is 10.1 Å². The summed E-state index contributed by atoms with van der Waals surface area (Å²) in [6.07, 6.45) is 0. The van der Waals surface area contributed by atoms with Gasteiger partial charge in [0, 0.05) is 18.1 Å². The third kappa shape index (κ3) is 4.16. The first kappa shape index (κ1) is 20.0. The topological polar surface area (TPSA) is 69.0 Å². The van der Waals surface area contributed by atoms with E-state index in [1.165, 1.54) is 11.8 Å². The van der Waals surface area contributed by atoms with Gasteiger partial charge in [-0.25, -0.2) is 0 Å². The summed E-state index contributed by atoms with van der Waals surface area (Å²) in [7, 11) is 1.89. The monoisotopic (exact) mass is 418 g/mol. The minimum atomic E-state index is -0.0874. The second-order valence-corrected chi connectivity index (χ2v) is 7.60. The summed E-state index contributed by atoms with van der Waals surface area (Å²) in [5.74, 6) is 1.62. The fraction of sp³-hybridized carbons (Fsp3) is 0.174. The minimum Gasteiger partial charge on any atom is -0.493 e. The highest BCUT2D eigenvalue weighted by Crippen LogP contribution is 2.30. The maximum Gasteiger partial charge on any atom is 0.234 e. The molecule has 6 nitrogen and oxygen atoms in total. The third-order valence-electron chi connectivity index (χ3n) is 4.66. The van der Waals surface area contributed by atoms with E-state index in [4.69, 9.17) is 4.74 Å². The van der Waals surface area contributed by atoms with Crippen molar-refractivity contribution in [3.63, 3.8) is 0 Å². The van der Waals surface area contributed by atoms with E-state index in [1.54, 1.807) is 0 Å². The first-order valence-electron chi connectivity index (χ1n) is 9.69. The molecule has 1 N–H and O–H groups in total. The second-order valence-electron chi connectivity index (χ2n) is 6.66. The normalized spacial score (nSPS) is 10.9. The van der Waals surface area contributed by atoms with Crippen LogP contribution in [0.25, 0.3) is 22.2 Å². The number of rotatable bonds is 7. The van der Waals surface area contributed by atoms with Crippen molar-refractivity contribution >= 4 is 34.1 Å². The van der Waals surface area contributed by atoms with E-state index in [1.807, 2.05) is 85.3 Å². The molecular weight excluding hydrogens is 396 g/mol. The summed E-state index contributed by atoms with van der Waals surface area (Å²) in [6.45, 7) is 2.52. The Balaban J connectivity index is 1.46. The number of para-hydroxylation sites is 1. The van der Waals surface area contributed by atoms with Crippen LogP contribution in [0, 0.1) is 0 Å². The Kier molecular flexibility index (Phi) is 5.99. The second kappa shape index (κ2) is 9.00. The molecule has 0 fully saturated rings. The van der Waals surface area contributed by atoms with Gasteiger partial charge in [0.1, 0.15) is 5.75 Å². The Morgan fingerprint density at radius 3 is 2.67 bits per heavy atom. The molecule has 0 spiro atoms. The van der Waals surface area contributed by atoms with Crippen molar-refractivity contribution in [2.75, 3.05) is 17.7 Å². The molecule has 0 aliphatic heterocycles. The number of hydrogen-bond acceptors (Lipinski definition) is 5. The van der Waals surface area contributed by atoms with E-state index in [0.717, 1.165) is 27.8 Å². The van der Waals surface area contributed by atoms with E-state index in [9.17, 15) is 4.79 Å². The van der Waals surface area contributed by atoms with Crippen LogP contribution in [0.1, 0.15) is 6.92 Å². The van der Waals surface area contributed by atoms with Gasteiger partial charge in [-0.1, -0.05) is 60.3 Å².